The number of thioether (sulfide) groups is 2. The van der Waals surface area contributed by atoms with Gasteiger partial charge in [-0.25, -0.2) is 4.79 Å². The first-order valence-corrected chi connectivity index (χ1v) is 16.2. The molecule has 7 rings (SSSR count). The summed E-state index contributed by atoms with van der Waals surface area (Å²) in [5, 5.41) is 1.53. The van der Waals surface area contributed by atoms with Crippen molar-refractivity contribution in [2.75, 3.05) is 31.2 Å². The average molecular weight is 605 g/mol. The van der Waals surface area contributed by atoms with Crippen LogP contribution in [0.3, 0.4) is 0 Å². The van der Waals surface area contributed by atoms with Crippen LogP contribution in [0.2, 0.25) is 0 Å². The van der Waals surface area contributed by atoms with E-state index in [-0.39, 0.29) is 32.0 Å². The van der Waals surface area contributed by atoms with Crippen molar-refractivity contribution in [2.24, 2.45) is 0 Å². The minimum Gasteiger partial charge on any atom is -0.492 e. The number of fused-ring (bicyclic) bond motifs is 3. The third-order valence-corrected chi connectivity index (χ3v) is 13.1. The van der Waals surface area contributed by atoms with Crippen LogP contribution in [-0.2, 0) is 20.3 Å². The summed E-state index contributed by atoms with van der Waals surface area (Å²) in [4.78, 5) is 17.4. The van der Waals surface area contributed by atoms with Gasteiger partial charge in [0.15, 0.2) is 0 Å². The largest absolute Gasteiger partial charge is 0.492 e. The van der Waals surface area contributed by atoms with E-state index in [1.54, 1.807) is 0 Å². The third-order valence-electron chi connectivity index (χ3n) is 9.03. The molecule has 8 heteroatoms. The molecule has 1 aromatic carbocycles. The second-order valence-electron chi connectivity index (χ2n) is 12.3. The van der Waals surface area contributed by atoms with Crippen LogP contribution >= 0.6 is 39.5 Å². The van der Waals surface area contributed by atoms with E-state index in [0.29, 0.717) is 18.5 Å². The Balaban J connectivity index is 1.29. The number of halogens is 1. The molecular weight excluding hydrogens is 570 g/mol. The molecule has 4 atom stereocenters. The summed E-state index contributed by atoms with van der Waals surface area (Å²) in [6, 6.07) is 4.49. The van der Waals surface area contributed by atoms with Crippen LogP contribution < -0.4 is 10.5 Å². The molecule has 0 aliphatic carbocycles. The molecule has 0 amide bonds. The Labute approximate surface area is 235 Å². The van der Waals surface area contributed by atoms with E-state index in [2.05, 4.69) is 60.7 Å². The highest BCUT2D eigenvalue weighted by Crippen LogP contribution is 2.56. The van der Waals surface area contributed by atoms with E-state index in [1.165, 1.54) is 21.7 Å². The van der Waals surface area contributed by atoms with E-state index in [9.17, 15) is 4.79 Å². The molecule has 1 aromatic heterocycles. The minimum absolute atomic E-state index is 0.00595. The SMILES string of the molecule is CC1(C)CCN2CCC(C)(C)c3c2c1cc1cc(C2CCC(C4=C5OCCOC5C(Br)S4)S2)c(=O)oc31. The molecule has 2 saturated heterocycles. The number of hydrogen-bond donors (Lipinski definition) is 0. The molecule has 6 heterocycles. The molecule has 4 unspecified atom stereocenters. The Hall–Kier alpha value is -1.09. The zero-order valence-electron chi connectivity index (χ0n) is 21.9. The van der Waals surface area contributed by atoms with Gasteiger partial charge in [-0.1, -0.05) is 43.6 Å². The summed E-state index contributed by atoms with van der Waals surface area (Å²) < 4.78 is 18.5. The molecule has 0 N–H and O–H groups in total. The van der Waals surface area contributed by atoms with Crippen molar-refractivity contribution >= 4 is 56.1 Å². The van der Waals surface area contributed by atoms with Gasteiger partial charge >= 0.3 is 5.63 Å². The van der Waals surface area contributed by atoms with Gasteiger partial charge in [0.1, 0.15) is 24.1 Å². The van der Waals surface area contributed by atoms with E-state index < -0.39 is 0 Å². The second kappa shape index (κ2) is 8.70. The summed E-state index contributed by atoms with van der Waals surface area (Å²) in [7, 11) is 0. The first-order chi connectivity index (χ1) is 17.6. The molecule has 5 nitrogen and oxygen atoms in total. The Morgan fingerprint density at radius 1 is 1.03 bits per heavy atom. The predicted molar refractivity (Wildman–Crippen MR) is 156 cm³/mol. The quantitative estimate of drug-likeness (QED) is 0.271. The molecular formula is C29H34BrNO4S2. The Bertz CT molecular complexity index is 1380. The van der Waals surface area contributed by atoms with Crippen molar-refractivity contribution in [2.45, 2.75) is 85.0 Å². The Morgan fingerprint density at radius 3 is 2.59 bits per heavy atom. The second-order valence-corrected chi connectivity index (χ2v) is 16.5. The fourth-order valence-electron chi connectivity index (χ4n) is 6.82. The van der Waals surface area contributed by atoms with Crippen LogP contribution in [0.15, 0.2) is 32.0 Å². The smallest absolute Gasteiger partial charge is 0.340 e. The molecule has 5 aliphatic rings. The number of rotatable bonds is 2. The highest BCUT2D eigenvalue weighted by Gasteiger charge is 2.45. The summed E-state index contributed by atoms with van der Waals surface area (Å²) >= 11 is 7.48. The van der Waals surface area contributed by atoms with Crippen LogP contribution in [0.4, 0.5) is 5.69 Å². The van der Waals surface area contributed by atoms with Crippen molar-refractivity contribution in [3.63, 3.8) is 0 Å². The molecule has 198 valence electrons. The summed E-state index contributed by atoms with van der Waals surface area (Å²) in [6.07, 6.45) is 4.20. The summed E-state index contributed by atoms with van der Waals surface area (Å²) in [6.45, 7) is 12.7. The molecule has 0 bridgehead atoms. The van der Waals surface area contributed by atoms with Crippen molar-refractivity contribution in [1.82, 2.24) is 0 Å². The zero-order chi connectivity index (χ0) is 25.7. The number of benzene rings is 1. The number of hydrogen-bond acceptors (Lipinski definition) is 7. The van der Waals surface area contributed by atoms with Gasteiger partial charge < -0.3 is 18.8 Å². The molecule has 0 radical (unpaired) electrons. The molecule has 0 spiro atoms. The maximum absolute atomic E-state index is 13.5. The lowest BCUT2D eigenvalue weighted by Crippen LogP contribution is -2.44. The fourth-order valence-corrected chi connectivity index (χ4v) is 10.8. The highest BCUT2D eigenvalue weighted by atomic mass is 79.9. The van der Waals surface area contributed by atoms with E-state index in [4.69, 9.17) is 13.9 Å². The number of anilines is 1. The molecule has 0 saturated carbocycles. The number of alkyl halides is 1. The van der Waals surface area contributed by atoms with Crippen molar-refractivity contribution < 1.29 is 13.9 Å². The van der Waals surface area contributed by atoms with Gasteiger partial charge in [-0.2, -0.15) is 0 Å². The topological polar surface area (TPSA) is 51.9 Å². The standard InChI is InChI=1S/C29H34BrNO4S2/c1-28(2)7-9-31-10-8-29(3,4)20-21(31)17(28)14-15-13-16(27(32)35-22(15)20)18-5-6-19(36-18)25-23-24(26(30)37-25)34-12-11-33-23/h13-14,18-19,24,26H,5-12H2,1-4H3. The van der Waals surface area contributed by atoms with Gasteiger partial charge in [-0.05, 0) is 54.2 Å². The maximum atomic E-state index is 13.5. The lowest BCUT2D eigenvalue weighted by atomic mass is 9.69. The monoisotopic (exact) mass is 603 g/mol. The first-order valence-electron chi connectivity index (χ1n) is 13.5. The average Bonchev–Trinajstić information content (AvgIpc) is 3.47. The van der Waals surface area contributed by atoms with Gasteiger partial charge in [-0.3, -0.25) is 0 Å². The summed E-state index contributed by atoms with van der Waals surface area (Å²) in [5.41, 5.74) is 5.48. The Morgan fingerprint density at radius 2 is 1.78 bits per heavy atom. The van der Waals surface area contributed by atoms with E-state index >= 15 is 0 Å². The number of nitrogens with zero attached hydrogens (tertiary/aromatic N) is 1. The highest BCUT2D eigenvalue weighted by molar-refractivity contribution is 9.11. The molecule has 37 heavy (non-hydrogen) atoms. The zero-order valence-corrected chi connectivity index (χ0v) is 25.1. The third kappa shape index (κ3) is 3.86. The number of ether oxygens (including phenoxy) is 2. The lowest BCUT2D eigenvalue weighted by Gasteiger charge is -2.48. The Kier molecular flexibility index (Phi) is 5.86. The first kappa shape index (κ1) is 24.9. The lowest BCUT2D eigenvalue weighted by molar-refractivity contribution is -0.0327. The van der Waals surface area contributed by atoms with Crippen LogP contribution in [0.5, 0.6) is 0 Å². The molecule has 5 aliphatic heterocycles. The van der Waals surface area contributed by atoms with Gasteiger partial charge in [-0.15, -0.1) is 23.5 Å². The fraction of sp³-hybridized carbons (Fsp3) is 0.621. The van der Waals surface area contributed by atoms with E-state index in [1.807, 2.05) is 23.5 Å². The molecule has 2 fully saturated rings. The maximum Gasteiger partial charge on any atom is 0.340 e. The van der Waals surface area contributed by atoms with Crippen molar-refractivity contribution in [3.05, 3.63) is 49.9 Å². The van der Waals surface area contributed by atoms with Crippen LogP contribution in [-0.4, -0.2) is 41.8 Å². The van der Waals surface area contributed by atoms with Gasteiger partial charge in [0.25, 0.3) is 0 Å². The van der Waals surface area contributed by atoms with Crippen molar-refractivity contribution in [3.8, 4) is 0 Å². The molecule has 2 aromatic rings. The van der Waals surface area contributed by atoms with Crippen LogP contribution in [0.1, 0.15) is 75.3 Å². The van der Waals surface area contributed by atoms with Gasteiger partial charge in [0.05, 0.1) is 16.3 Å². The van der Waals surface area contributed by atoms with Crippen molar-refractivity contribution in [1.29, 1.82) is 0 Å². The van der Waals surface area contributed by atoms with Crippen LogP contribution in [0.25, 0.3) is 11.0 Å². The normalized spacial score (nSPS) is 31.9. The predicted octanol–water partition coefficient (Wildman–Crippen LogP) is 6.99. The van der Waals surface area contributed by atoms with Gasteiger partial charge in [0.2, 0.25) is 0 Å². The minimum atomic E-state index is -0.171. The van der Waals surface area contributed by atoms with E-state index in [0.717, 1.165) is 61.1 Å². The van der Waals surface area contributed by atoms with Gasteiger partial charge in [0, 0.05) is 45.1 Å². The summed E-state index contributed by atoms with van der Waals surface area (Å²) in [5.74, 6) is 1.00. The van der Waals surface area contributed by atoms with Crippen LogP contribution in [0, 0.1) is 0 Å².